The van der Waals surface area contributed by atoms with Gasteiger partial charge in [-0.15, -0.1) is 0 Å². The minimum absolute atomic E-state index is 0.274. The third kappa shape index (κ3) is 3.56. The van der Waals surface area contributed by atoms with Crippen LogP contribution in [0.4, 0.5) is 5.69 Å². The lowest BCUT2D eigenvalue weighted by Crippen LogP contribution is -2.27. The normalized spacial score (nSPS) is 11.9. The monoisotopic (exact) mass is 338 g/mol. The summed E-state index contributed by atoms with van der Waals surface area (Å²) in [4.78, 5) is 12.0. The van der Waals surface area contributed by atoms with Crippen molar-refractivity contribution >= 4 is 39.1 Å². The van der Waals surface area contributed by atoms with E-state index in [2.05, 4.69) is 21.2 Å². The predicted octanol–water partition coefficient (Wildman–Crippen LogP) is 3.74. The third-order valence-corrected chi connectivity index (χ3v) is 3.86. The Morgan fingerprint density at radius 2 is 1.89 bits per heavy atom. The molecular weight excluding hydrogens is 328 g/mol. The van der Waals surface area contributed by atoms with Crippen molar-refractivity contribution in [3.63, 3.8) is 0 Å². The van der Waals surface area contributed by atoms with Crippen LogP contribution >= 0.6 is 27.5 Å². The number of hydrogen-bond acceptors (Lipinski definition) is 2. The van der Waals surface area contributed by atoms with Crippen LogP contribution in [0.2, 0.25) is 5.02 Å². The Morgan fingerprint density at radius 3 is 2.53 bits per heavy atom. The van der Waals surface area contributed by atoms with E-state index < -0.39 is 6.04 Å². The number of rotatable bonds is 3. The maximum atomic E-state index is 12.0. The van der Waals surface area contributed by atoms with Gasteiger partial charge in [0.15, 0.2) is 0 Å². The molecule has 19 heavy (non-hydrogen) atoms. The van der Waals surface area contributed by atoms with Crippen LogP contribution in [0, 0.1) is 0 Å². The Bertz CT molecular complexity index is 589. The number of benzene rings is 2. The molecule has 0 radical (unpaired) electrons. The fraction of sp³-hybridized carbons (Fsp3) is 0.0714. The largest absolute Gasteiger partial charge is 0.324 e. The smallest absolute Gasteiger partial charge is 0.245 e. The lowest BCUT2D eigenvalue weighted by atomic mass is 10.1. The molecule has 1 atom stereocenters. The number of anilines is 1. The molecule has 0 fully saturated rings. The minimum Gasteiger partial charge on any atom is -0.324 e. The number of carbonyl (C=O) groups is 1. The van der Waals surface area contributed by atoms with Gasteiger partial charge in [-0.3, -0.25) is 4.79 Å². The summed E-state index contributed by atoms with van der Waals surface area (Å²) < 4.78 is 0.777. The number of halogens is 2. The van der Waals surface area contributed by atoms with E-state index in [9.17, 15) is 4.79 Å². The molecule has 0 heterocycles. The Morgan fingerprint density at radius 1 is 1.21 bits per heavy atom. The quantitative estimate of drug-likeness (QED) is 0.895. The van der Waals surface area contributed by atoms with Crippen molar-refractivity contribution in [2.24, 2.45) is 5.73 Å². The molecule has 0 aliphatic rings. The summed E-state index contributed by atoms with van der Waals surface area (Å²) in [6.07, 6.45) is 0. The van der Waals surface area contributed by atoms with Gasteiger partial charge in [0, 0.05) is 10.2 Å². The van der Waals surface area contributed by atoms with Gasteiger partial charge < -0.3 is 11.1 Å². The van der Waals surface area contributed by atoms with Crippen LogP contribution in [0.1, 0.15) is 11.6 Å². The SMILES string of the molecule is NC(C(=O)Nc1ccc(Br)c(Cl)c1)c1ccccc1. The fourth-order valence-corrected chi connectivity index (χ4v) is 2.03. The second-order valence-corrected chi connectivity index (χ2v) is 5.27. The zero-order chi connectivity index (χ0) is 13.8. The Balaban J connectivity index is 2.10. The first-order valence-electron chi connectivity index (χ1n) is 5.64. The molecule has 5 heteroatoms. The topological polar surface area (TPSA) is 55.1 Å². The van der Waals surface area contributed by atoms with Gasteiger partial charge in [0.2, 0.25) is 5.91 Å². The van der Waals surface area contributed by atoms with Gasteiger partial charge in [0.05, 0.1) is 5.02 Å². The highest BCUT2D eigenvalue weighted by Crippen LogP contribution is 2.26. The summed E-state index contributed by atoms with van der Waals surface area (Å²) in [6.45, 7) is 0. The molecule has 98 valence electrons. The molecule has 0 aliphatic heterocycles. The van der Waals surface area contributed by atoms with Crippen molar-refractivity contribution in [1.82, 2.24) is 0 Å². The molecule has 1 unspecified atom stereocenters. The molecule has 1 amide bonds. The van der Waals surface area contributed by atoms with Gasteiger partial charge in [-0.05, 0) is 39.7 Å². The Labute approximate surface area is 124 Å². The molecule has 0 saturated heterocycles. The molecule has 3 nitrogen and oxygen atoms in total. The molecule has 2 rings (SSSR count). The molecule has 2 aromatic carbocycles. The summed E-state index contributed by atoms with van der Waals surface area (Å²) in [5, 5.41) is 3.27. The highest BCUT2D eigenvalue weighted by molar-refractivity contribution is 9.10. The second kappa shape index (κ2) is 6.19. The lowest BCUT2D eigenvalue weighted by Gasteiger charge is -2.13. The first kappa shape index (κ1) is 14.1. The van der Waals surface area contributed by atoms with E-state index in [1.807, 2.05) is 30.3 Å². The van der Waals surface area contributed by atoms with Crippen molar-refractivity contribution in [2.75, 3.05) is 5.32 Å². The van der Waals surface area contributed by atoms with Crippen molar-refractivity contribution in [3.8, 4) is 0 Å². The molecule has 2 aromatic rings. The molecule has 0 aliphatic carbocycles. The van der Waals surface area contributed by atoms with Gasteiger partial charge in [-0.2, -0.15) is 0 Å². The first-order valence-corrected chi connectivity index (χ1v) is 6.81. The second-order valence-electron chi connectivity index (χ2n) is 4.01. The van der Waals surface area contributed by atoms with Crippen molar-refractivity contribution in [3.05, 3.63) is 63.6 Å². The van der Waals surface area contributed by atoms with Crippen molar-refractivity contribution in [2.45, 2.75) is 6.04 Å². The zero-order valence-corrected chi connectivity index (χ0v) is 12.3. The number of nitrogens with one attached hydrogen (secondary N) is 1. The number of amides is 1. The summed E-state index contributed by atoms with van der Waals surface area (Å²) in [7, 11) is 0. The van der Waals surface area contributed by atoms with Crippen LogP contribution in [0.15, 0.2) is 53.0 Å². The first-order chi connectivity index (χ1) is 9.08. The van der Waals surface area contributed by atoms with Crippen LogP contribution in [0.25, 0.3) is 0 Å². The van der Waals surface area contributed by atoms with Gasteiger partial charge in [-0.25, -0.2) is 0 Å². The molecule has 3 N–H and O–H groups in total. The summed E-state index contributed by atoms with van der Waals surface area (Å²) in [5.41, 5.74) is 7.28. The molecular formula is C14H12BrClN2O. The fourth-order valence-electron chi connectivity index (χ4n) is 1.61. The van der Waals surface area contributed by atoms with Crippen LogP contribution in [0.5, 0.6) is 0 Å². The van der Waals surface area contributed by atoms with Crippen LogP contribution in [-0.2, 0) is 4.79 Å². The number of nitrogens with two attached hydrogens (primary N) is 1. The minimum atomic E-state index is -0.705. The lowest BCUT2D eigenvalue weighted by molar-refractivity contribution is -0.117. The Hall–Kier alpha value is -1.36. The standard InChI is InChI=1S/C14H12BrClN2O/c15-11-7-6-10(8-12(11)16)18-14(19)13(17)9-4-2-1-3-5-9/h1-8,13H,17H2,(H,18,19). The summed E-state index contributed by atoms with van der Waals surface area (Å²) in [5.74, 6) is -0.274. The molecule has 0 bridgehead atoms. The average Bonchev–Trinajstić information content (AvgIpc) is 2.43. The van der Waals surface area contributed by atoms with Gasteiger partial charge in [0.1, 0.15) is 6.04 Å². The van der Waals surface area contributed by atoms with Crippen molar-refractivity contribution in [1.29, 1.82) is 0 Å². The van der Waals surface area contributed by atoms with E-state index in [1.165, 1.54) is 0 Å². The van der Waals surface area contributed by atoms with Crippen molar-refractivity contribution < 1.29 is 4.79 Å². The van der Waals surface area contributed by atoms with E-state index >= 15 is 0 Å². The van der Waals surface area contributed by atoms with Crippen LogP contribution in [-0.4, -0.2) is 5.91 Å². The number of hydrogen-bond donors (Lipinski definition) is 2. The summed E-state index contributed by atoms with van der Waals surface area (Å²) in [6, 6.07) is 13.7. The predicted molar refractivity (Wildman–Crippen MR) is 81.2 cm³/mol. The summed E-state index contributed by atoms with van der Waals surface area (Å²) >= 11 is 9.26. The molecule has 0 spiro atoms. The van der Waals surface area contributed by atoms with E-state index in [-0.39, 0.29) is 5.91 Å². The van der Waals surface area contributed by atoms with Gasteiger partial charge >= 0.3 is 0 Å². The average molecular weight is 340 g/mol. The molecule has 0 saturated carbocycles. The van der Waals surface area contributed by atoms with Crippen LogP contribution in [0.3, 0.4) is 0 Å². The van der Waals surface area contributed by atoms with Gasteiger partial charge in [0.25, 0.3) is 0 Å². The van der Waals surface area contributed by atoms with Crippen LogP contribution < -0.4 is 11.1 Å². The highest BCUT2D eigenvalue weighted by atomic mass is 79.9. The van der Waals surface area contributed by atoms with E-state index in [0.717, 1.165) is 10.0 Å². The third-order valence-electron chi connectivity index (χ3n) is 2.63. The molecule has 0 aromatic heterocycles. The number of carbonyl (C=O) groups excluding carboxylic acids is 1. The Kier molecular flexibility index (Phi) is 4.58. The van der Waals surface area contributed by atoms with Gasteiger partial charge in [-0.1, -0.05) is 41.9 Å². The van der Waals surface area contributed by atoms with E-state index in [0.29, 0.717) is 10.7 Å². The van der Waals surface area contributed by atoms with E-state index in [1.54, 1.807) is 18.2 Å². The van der Waals surface area contributed by atoms with E-state index in [4.69, 9.17) is 17.3 Å². The zero-order valence-electron chi connectivity index (χ0n) is 9.94. The maximum absolute atomic E-state index is 12.0. The maximum Gasteiger partial charge on any atom is 0.245 e. The highest BCUT2D eigenvalue weighted by Gasteiger charge is 2.15.